The Morgan fingerprint density at radius 3 is 2.21 bits per heavy atom. The predicted octanol–water partition coefficient (Wildman–Crippen LogP) is 3.10. The molecule has 0 bridgehead atoms. The van der Waals surface area contributed by atoms with Crippen LogP contribution in [0, 0.1) is 5.92 Å². The van der Waals surface area contributed by atoms with E-state index in [-0.39, 0.29) is 19.5 Å². The monoisotopic (exact) mass is 386 g/mol. The van der Waals surface area contributed by atoms with E-state index in [2.05, 4.69) is 0 Å². The number of ether oxygens (including phenoxy) is 6. The number of rotatable bonds is 3. The molecule has 1 saturated heterocycles. The topological polar surface area (TPSA) is 75.6 Å². The molecule has 1 N–H and O–H groups in total. The molecular weight excluding hydrogens is 364 g/mol. The number of benzene rings is 2. The Morgan fingerprint density at radius 2 is 1.54 bits per heavy atom. The first kappa shape index (κ1) is 17.6. The van der Waals surface area contributed by atoms with Gasteiger partial charge in [-0.15, -0.1) is 0 Å². The molecule has 0 spiro atoms. The zero-order chi connectivity index (χ0) is 19.5. The van der Waals surface area contributed by atoms with Gasteiger partial charge in [0.1, 0.15) is 5.60 Å². The van der Waals surface area contributed by atoms with Crippen LogP contribution in [0.5, 0.6) is 23.0 Å². The second-order valence-corrected chi connectivity index (χ2v) is 7.48. The highest BCUT2D eigenvalue weighted by molar-refractivity contribution is 5.48. The van der Waals surface area contributed by atoms with E-state index in [0.717, 1.165) is 5.56 Å². The van der Waals surface area contributed by atoms with Crippen LogP contribution >= 0.6 is 0 Å². The van der Waals surface area contributed by atoms with Crippen molar-refractivity contribution >= 4 is 0 Å². The van der Waals surface area contributed by atoms with Gasteiger partial charge in [-0.25, -0.2) is 0 Å². The number of hydrogen-bond acceptors (Lipinski definition) is 7. The Kier molecular flexibility index (Phi) is 3.78. The summed E-state index contributed by atoms with van der Waals surface area (Å²) in [6.07, 6.45) is -0.408. The molecule has 0 unspecified atom stereocenters. The molecule has 28 heavy (non-hydrogen) atoms. The Bertz CT molecular complexity index is 925. The van der Waals surface area contributed by atoms with Crippen LogP contribution in [-0.4, -0.2) is 31.4 Å². The van der Waals surface area contributed by atoms with Crippen LogP contribution in [0.3, 0.4) is 0 Å². The quantitative estimate of drug-likeness (QED) is 0.869. The standard InChI is InChI=1S/C21H22O7/c1-12-19(13-4-6-15-17(8-13)26-10-24-15)28-21(23-3,20(12,2)22)14-5-7-16-18(9-14)27-11-25-16/h4-9,12,19,22H,10-11H2,1-3H3/t12-,19+,20+,21-/m0/s1. The zero-order valence-electron chi connectivity index (χ0n) is 15.9. The lowest BCUT2D eigenvalue weighted by molar-refractivity contribution is -0.285. The minimum Gasteiger partial charge on any atom is -0.454 e. The first-order chi connectivity index (χ1) is 13.5. The maximum atomic E-state index is 11.5. The van der Waals surface area contributed by atoms with E-state index in [4.69, 9.17) is 28.4 Å². The van der Waals surface area contributed by atoms with Crippen LogP contribution < -0.4 is 18.9 Å². The highest BCUT2D eigenvalue weighted by Gasteiger charge is 2.63. The predicted molar refractivity (Wildman–Crippen MR) is 97.4 cm³/mol. The van der Waals surface area contributed by atoms with Gasteiger partial charge in [0, 0.05) is 18.6 Å². The van der Waals surface area contributed by atoms with Crippen molar-refractivity contribution in [3.05, 3.63) is 47.5 Å². The molecule has 3 aliphatic heterocycles. The molecule has 148 valence electrons. The minimum atomic E-state index is -1.37. The molecule has 0 aliphatic carbocycles. The Morgan fingerprint density at radius 1 is 0.929 bits per heavy atom. The van der Waals surface area contributed by atoms with Crippen molar-refractivity contribution in [2.45, 2.75) is 31.3 Å². The fraction of sp³-hybridized carbons (Fsp3) is 0.429. The third-order valence-corrected chi connectivity index (χ3v) is 6.07. The van der Waals surface area contributed by atoms with E-state index >= 15 is 0 Å². The van der Waals surface area contributed by atoms with E-state index in [1.54, 1.807) is 19.1 Å². The first-order valence-electron chi connectivity index (χ1n) is 9.21. The van der Waals surface area contributed by atoms with Crippen LogP contribution in [-0.2, 0) is 15.3 Å². The van der Waals surface area contributed by atoms with Gasteiger partial charge in [-0.1, -0.05) is 13.0 Å². The summed E-state index contributed by atoms with van der Waals surface area (Å²) < 4.78 is 34.1. The van der Waals surface area contributed by atoms with E-state index in [1.165, 1.54) is 7.11 Å². The molecule has 0 aromatic heterocycles. The summed E-state index contributed by atoms with van der Waals surface area (Å²) in [5.41, 5.74) is 0.243. The van der Waals surface area contributed by atoms with E-state index in [9.17, 15) is 5.11 Å². The van der Waals surface area contributed by atoms with E-state index < -0.39 is 17.5 Å². The lowest BCUT2D eigenvalue weighted by Gasteiger charge is -2.38. The summed E-state index contributed by atoms with van der Waals surface area (Å²) in [6, 6.07) is 11.1. The molecule has 0 amide bonds. The van der Waals surface area contributed by atoms with Crippen molar-refractivity contribution in [1.29, 1.82) is 0 Å². The Labute approximate surface area is 162 Å². The summed E-state index contributed by atoms with van der Waals surface area (Å²) in [4.78, 5) is 0. The van der Waals surface area contributed by atoms with Gasteiger partial charge in [-0.05, 0) is 42.8 Å². The third kappa shape index (κ3) is 2.27. The summed E-state index contributed by atoms with van der Waals surface area (Å²) in [5.74, 6) is 1.01. The normalized spacial score (nSPS) is 32.7. The van der Waals surface area contributed by atoms with Crippen LogP contribution in [0.25, 0.3) is 0 Å². The summed E-state index contributed by atoms with van der Waals surface area (Å²) >= 11 is 0. The van der Waals surface area contributed by atoms with Crippen molar-refractivity contribution in [3.8, 4) is 23.0 Å². The first-order valence-corrected chi connectivity index (χ1v) is 9.21. The molecule has 0 saturated carbocycles. The van der Waals surface area contributed by atoms with Gasteiger partial charge < -0.3 is 33.5 Å². The maximum absolute atomic E-state index is 11.5. The van der Waals surface area contributed by atoms with Crippen molar-refractivity contribution < 1.29 is 33.5 Å². The molecular formula is C21H22O7. The Hall–Kier alpha value is -2.48. The highest BCUT2D eigenvalue weighted by atomic mass is 16.7. The van der Waals surface area contributed by atoms with Gasteiger partial charge in [-0.2, -0.15) is 0 Å². The van der Waals surface area contributed by atoms with E-state index in [0.29, 0.717) is 28.6 Å². The van der Waals surface area contributed by atoms with Gasteiger partial charge in [0.05, 0.1) is 6.10 Å². The van der Waals surface area contributed by atoms with Gasteiger partial charge >= 0.3 is 0 Å². The molecule has 0 radical (unpaired) electrons. The average Bonchev–Trinajstić information content (AvgIpc) is 3.39. The van der Waals surface area contributed by atoms with Crippen molar-refractivity contribution in [3.63, 3.8) is 0 Å². The van der Waals surface area contributed by atoms with Gasteiger partial charge in [0.15, 0.2) is 23.0 Å². The molecule has 3 aliphatic rings. The lowest BCUT2D eigenvalue weighted by atomic mass is 9.79. The maximum Gasteiger partial charge on any atom is 0.231 e. The number of methoxy groups -OCH3 is 1. The smallest absolute Gasteiger partial charge is 0.231 e. The fourth-order valence-corrected chi connectivity index (χ4v) is 4.28. The number of hydrogen-bond donors (Lipinski definition) is 1. The lowest BCUT2D eigenvalue weighted by Crippen LogP contribution is -2.50. The second kappa shape index (κ2) is 6.01. The molecule has 2 aromatic carbocycles. The number of fused-ring (bicyclic) bond motifs is 2. The third-order valence-electron chi connectivity index (χ3n) is 6.07. The molecule has 3 heterocycles. The minimum absolute atomic E-state index is 0.173. The number of aliphatic hydroxyl groups is 1. The molecule has 7 heteroatoms. The van der Waals surface area contributed by atoms with Crippen LogP contribution in [0.1, 0.15) is 31.1 Å². The second-order valence-electron chi connectivity index (χ2n) is 7.48. The average molecular weight is 386 g/mol. The van der Waals surface area contributed by atoms with Crippen LogP contribution in [0.15, 0.2) is 36.4 Å². The van der Waals surface area contributed by atoms with Crippen molar-refractivity contribution in [1.82, 2.24) is 0 Å². The largest absolute Gasteiger partial charge is 0.454 e. The van der Waals surface area contributed by atoms with Crippen molar-refractivity contribution in [2.24, 2.45) is 5.92 Å². The summed E-state index contributed by atoms with van der Waals surface area (Å²) in [6.45, 7) is 4.06. The van der Waals surface area contributed by atoms with Gasteiger partial charge in [-0.3, -0.25) is 0 Å². The molecule has 1 fully saturated rings. The van der Waals surface area contributed by atoms with E-state index in [1.807, 2.05) is 31.2 Å². The summed E-state index contributed by atoms with van der Waals surface area (Å²) in [7, 11) is 1.54. The Balaban J connectivity index is 1.57. The molecule has 4 atom stereocenters. The van der Waals surface area contributed by atoms with Crippen LogP contribution in [0.4, 0.5) is 0 Å². The molecule has 7 nitrogen and oxygen atoms in total. The molecule has 2 aromatic rings. The fourth-order valence-electron chi connectivity index (χ4n) is 4.28. The van der Waals surface area contributed by atoms with Crippen LogP contribution in [0.2, 0.25) is 0 Å². The summed E-state index contributed by atoms with van der Waals surface area (Å²) in [5, 5.41) is 11.5. The van der Waals surface area contributed by atoms with Gasteiger partial charge in [0.25, 0.3) is 0 Å². The highest BCUT2D eigenvalue weighted by Crippen LogP contribution is 2.57. The zero-order valence-corrected chi connectivity index (χ0v) is 15.9. The van der Waals surface area contributed by atoms with Crippen molar-refractivity contribution in [2.75, 3.05) is 20.7 Å². The molecule has 5 rings (SSSR count). The SMILES string of the molecule is CO[C@@]1(c2ccc3c(c2)OCO3)O[C@@H](c2ccc3c(c2)OCO3)[C@H](C)[C@@]1(C)O. The van der Waals surface area contributed by atoms with Gasteiger partial charge in [0.2, 0.25) is 19.4 Å².